The lowest BCUT2D eigenvalue weighted by Crippen LogP contribution is -2.37. The molecule has 2 aliphatic rings. The van der Waals surface area contributed by atoms with Crippen LogP contribution in [0.5, 0.6) is 0 Å². The van der Waals surface area contributed by atoms with E-state index in [0.29, 0.717) is 27.9 Å². The van der Waals surface area contributed by atoms with Gasteiger partial charge in [0.05, 0.1) is 34.9 Å². The number of aliphatic hydroxyl groups is 1. The van der Waals surface area contributed by atoms with Crippen LogP contribution in [-0.2, 0) is 4.74 Å². The predicted molar refractivity (Wildman–Crippen MR) is 139 cm³/mol. The van der Waals surface area contributed by atoms with Gasteiger partial charge >= 0.3 is 0 Å². The number of rotatable bonds is 7. The predicted octanol–water partition coefficient (Wildman–Crippen LogP) is 5.74. The van der Waals surface area contributed by atoms with E-state index >= 15 is 0 Å². The molecule has 33 heavy (non-hydrogen) atoms. The Morgan fingerprint density at radius 3 is 2.58 bits per heavy atom. The van der Waals surface area contributed by atoms with Crippen molar-refractivity contribution < 1.29 is 14.6 Å². The van der Waals surface area contributed by atoms with Crippen LogP contribution in [-0.4, -0.2) is 55.7 Å². The Balaban J connectivity index is 1.48. The highest BCUT2D eigenvalue weighted by Crippen LogP contribution is 2.36. The summed E-state index contributed by atoms with van der Waals surface area (Å²) in [6, 6.07) is 9.10. The van der Waals surface area contributed by atoms with Gasteiger partial charge in [0.25, 0.3) is 5.91 Å². The molecule has 0 unspecified atom stereocenters. The molecule has 4 rings (SSSR count). The van der Waals surface area contributed by atoms with E-state index in [2.05, 4.69) is 14.5 Å². The van der Waals surface area contributed by atoms with Gasteiger partial charge in [-0.1, -0.05) is 34.8 Å². The van der Waals surface area contributed by atoms with Gasteiger partial charge in [-0.15, -0.1) is 0 Å². The Labute approximate surface area is 213 Å². The molecule has 2 aromatic carbocycles. The van der Waals surface area contributed by atoms with Crippen LogP contribution in [0, 0.1) is 0 Å². The smallest absolute Gasteiger partial charge is 0.257 e. The van der Waals surface area contributed by atoms with Crippen molar-refractivity contribution in [3.05, 3.63) is 51.0 Å². The number of carbonyl (C=O) groups excluding carboxylic acids is 1. The molecule has 0 spiro atoms. The summed E-state index contributed by atoms with van der Waals surface area (Å²) >= 11 is 20.8. The fourth-order valence-electron chi connectivity index (χ4n) is 4.06. The molecule has 6 nitrogen and oxygen atoms in total. The number of anilines is 3. The van der Waals surface area contributed by atoms with E-state index in [4.69, 9.17) is 44.6 Å². The standard InChI is InChI=1S/C23H26Cl3N3O3S/c24-15-10-16(12-17(11-15)28-5-2-19(3-6-28)32-8-7-30)27-23(31)20-13-18(14-21(25)22(20)26)29-4-1-9-33-29/h10-14,19,30H,1-9H2,(H,27,31). The summed E-state index contributed by atoms with van der Waals surface area (Å²) in [7, 11) is 0. The number of halogens is 3. The van der Waals surface area contributed by atoms with Gasteiger partial charge in [0.2, 0.25) is 0 Å². The van der Waals surface area contributed by atoms with E-state index in [1.807, 2.05) is 12.1 Å². The molecule has 2 heterocycles. The van der Waals surface area contributed by atoms with Crippen molar-refractivity contribution in [3.63, 3.8) is 0 Å². The highest BCUT2D eigenvalue weighted by atomic mass is 35.5. The van der Waals surface area contributed by atoms with E-state index in [-0.39, 0.29) is 23.6 Å². The van der Waals surface area contributed by atoms with E-state index in [9.17, 15) is 4.79 Å². The average molecular weight is 531 g/mol. The fraction of sp³-hybridized carbons (Fsp3) is 0.435. The van der Waals surface area contributed by atoms with Gasteiger partial charge in [-0.2, -0.15) is 0 Å². The Morgan fingerprint density at radius 1 is 1.09 bits per heavy atom. The minimum atomic E-state index is -0.336. The van der Waals surface area contributed by atoms with Gasteiger partial charge in [-0.3, -0.25) is 4.79 Å². The molecule has 0 radical (unpaired) electrons. The zero-order valence-electron chi connectivity index (χ0n) is 18.0. The minimum absolute atomic E-state index is 0.0343. The first-order chi connectivity index (χ1) is 15.9. The third-order valence-corrected chi connectivity index (χ3v) is 7.89. The molecule has 0 atom stereocenters. The van der Waals surface area contributed by atoms with Gasteiger partial charge in [0.1, 0.15) is 0 Å². The summed E-state index contributed by atoms with van der Waals surface area (Å²) in [5.41, 5.74) is 2.73. The second kappa shape index (κ2) is 11.4. The first kappa shape index (κ1) is 24.8. The lowest BCUT2D eigenvalue weighted by Gasteiger charge is -2.33. The van der Waals surface area contributed by atoms with Crippen molar-refractivity contribution in [2.45, 2.75) is 25.4 Å². The van der Waals surface area contributed by atoms with Crippen molar-refractivity contribution in [3.8, 4) is 0 Å². The summed E-state index contributed by atoms with van der Waals surface area (Å²) in [5.74, 6) is 0.704. The molecule has 0 aliphatic carbocycles. The van der Waals surface area contributed by atoms with Gasteiger partial charge < -0.3 is 24.4 Å². The first-order valence-electron chi connectivity index (χ1n) is 10.9. The second-order valence-corrected chi connectivity index (χ2v) is 10.3. The zero-order chi connectivity index (χ0) is 23.4. The molecule has 2 N–H and O–H groups in total. The number of ether oxygens (including phenoxy) is 1. The normalized spacial score (nSPS) is 17.0. The maximum absolute atomic E-state index is 13.1. The quantitative estimate of drug-likeness (QED) is 0.445. The SMILES string of the molecule is O=C(Nc1cc(Cl)cc(N2CCC(OCCO)CC2)c1)c1cc(N2CCCS2)cc(Cl)c1Cl. The van der Waals surface area contributed by atoms with Crippen LogP contribution in [0.3, 0.4) is 0 Å². The molecule has 1 amide bonds. The fourth-order valence-corrected chi connectivity index (χ4v) is 5.69. The van der Waals surface area contributed by atoms with Crippen molar-refractivity contribution >= 4 is 69.7 Å². The molecule has 2 aliphatic heterocycles. The maximum Gasteiger partial charge on any atom is 0.257 e. The van der Waals surface area contributed by atoms with Crippen molar-refractivity contribution in [1.29, 1.82) is 0 Å². The van der Waals surface area contributed by atoms with Crippen LogP contribution in [0.2, 0.25) is 15.1 Å². The largest absolute Gasteiger partial charge is 0.394 e. The number of nitrogens with zero attached hydrogens (tertiary/aromatic N) is 2. The van der Waals surface area contributed by atoms with Crippen LogP contribution in [0.25, 0.3) is 0 Å². The summed E-state index contributed by atoms with van der Waals surface area (Å²) in [4.78, 5) is 15.3. The number of piperidine rings is 1. The zero-order valence-corrected chi connectivity index (χ0v) is 21.1. The van der Waals surface area contributed by atoms with Crippen LogP contribution in [0.1, 0.15) is 29.6 Å². The van der Waals surface area contributed by atoms with Gasteiger partial charge in [0, 0.05) is 47.5 Å². The first-order valence-corrected chi connectivity index (χ1v) is 13.0. The third-order valence-electron chi connectivity index (χ3n) is 5.69. The average Bonchev–Trinajstić information content (AvgIpc) is 3.34. The highest BCUT2D eigenvalue weighted by Gasteiger charge is 2.22. The summed E-state index contributed by atoms with van der Waals surface area (Å²) in [5, 5.41) is 13.0. The van der Waals surface area contributed by atoms with Gasteiger partial charge in [-0.25, -0.2) is 0 Å². The van der Waals surface area contributed by atoms with E-state index in [1.54, 1.807) is 30.1 Å². The van der Waals surface area contributed by atoms with Crippen molar-refractivity contribution in [2.24, 2.45) is 0 Å². The Kier molecular flexibility index (Phi) is 8.54. The van der Waals surface area contributed by atoms with Gasteiger partial charge in [0.15, 0.2) is 0 Å². The number of benzene rings is 2. The second-order valence-electron chi connectivity index (χ2n) is 8.01. The molecule has 2 saturated heterocycles. The Bertz CT molecular complexity index is 996. The van der Waals surface area contributed by atoms with Gasteiger partial charge in [-0.05, 0) is 61.5 Å². The van der Waals surface area contributed by atoms with Crippen molar-refractivity contribution in [2.75, 3.05) is 53.1 Å². The Morgan fingerprint density at radius 2 is 1.88 bits per heavy atom. The molecule has 2 aromatic rings. The number of carbonyl (C=O) groups is 1. The summed E-state index contributed by atoms with van der Waals surface area (Å²) < 4.78 is 7.77. The van der Waals surface area contributed by atoms with Crippen LogP contribution in [0.15, 0.2) is 30.3 Å². The molecule has 0 aromatic heterocycles. The topological polar surface area (TPSA) is 65.0 Å². The number of amides is 1. The molecule has 0 saturated carbocycles. The maximum atomic E-state index is 13.1. The minimum Gasteiger partial charge on any atom is -0.394 e. The van der Waals surface area contributed by atoms with E-state index in [1.165, 1.54) is 0 Å². The number of aliphatic hydroxyl groups excluding tert-OH is 1. The van der Waals surface area contributed by atoms with Crippen LogP contribution >= 0.6 is 46.8 Å². The van der Waals surface area contributed by atoms with Crippen LogP contribution in [0.4, 0.5) is 17.1 Å². The van der Waals surface area contributed by atoms with Crippen molar-refractivity contribution in [1.82, 2.24) is 0 Å². The van der Waals surface area contributed by atoms with E-state index in [0.717, 1.165) is 56.0 Å². The molecule has 2 fully saturated rings. The molecule has 0 bridgehead atoms. The molecular weight excluding hydrogens is 505 g/mol. The number of hydrogen-bond acceptors (Lipinski definition) is 6. The third kappa shape index (κ3) is 6.21. The summed E-state index contributed by atoms with van der Waals surface area (Å²) in [6.45, 7) is 2.92. The van der Waals surface area contributed by atoms with Crippen LogP contribution < -0.4 is 14.5 Å². The molecule has 178 valence electrons. The number of hydrogen-bond donors (Lipinski definition) is 2. The van der Waals surface area contributed by atoms with E-state index < -0.39 is 0 Å². The highest BCUT2D eigenvalue weighted by molar-refractivity contribution is 8.00. The lowest BCUT2D eigenvalue weighted by molar-refractivity contribution is 0.0159. The molecular formula is C23H26Cl3N3O3S. The summed E-state index contributed by atoms with van der Waals surface area (Å²) in [6.07, 6.45) is 2.97. The monoisotopic (exact) mass is 529 g/mol. The number of nitrogens with one attached hydrogen (secondary N) is 1. The Hall–Kier alpha value is -1.35. The lowest BCUT2D eigenvalue weighted by atomic mass is 10.1. The molecule has 10 heteroatoms.